The number of imide groups is 1. The van der Waals surface area contributed by atoms with Gasteiger partial charge in [0.25, 0.3) is 5.91 Å². The van der Waals surface area contributed by atoms with E-state index >= 15 is 4.39 Å². The molecule has 2 saturated heterocycles. The molecule has 0 aliphatic carbocycles. The van der Waals surface area contributed by atoms with Crippen LogP contribution in [-0.2, 0) is 26.2 Å². The van der Waals surface area contributed by atoms with Crippen molar-refractivity contribution in [3.8, 4) is 0 Å². The molecule has 1 atom stereocenters. The number of nitrogens with zero attached hydrogens (tertiary/aromatic N) is 3. The Kier molecular flexibility index (Phi) is 5.80. The predicted octanol–water partition coefficient (Wildman–Crippen LogP) is 1.24. The van der Waals surface area contributed by atoms with Crippen LogP contribution in [0.4, 0.5) is 14.5 Å². The lowest BCUT2D eigenvalue weighted by Gasteiger charge is -2.35. The molecule has 0 spiro atoms. The molecule has 35 heavy (non-hydrogen) atoms. The number of benzene rings is 2. The Morgan fingerprint density at radius 1 is 0.943 bits per heavy atom. The zero-order chi connectivity index (χ0) is 24.9. The predicted molar refractivity (Wildman–Crippen MR) is 120 cm³/mol. The standard InChI is InChI=1S/C23H22F2N4O5S/c24-15-1-3-16(4-2-15)35(33,34)28-9-7-27(8-10-28)20-11-14-13-29(23(32)17(14)12-18(20)25)19-5-6-21(30)26-22(19)31/h1-4,11-12,19H,5-10,13H2,(H,26,30,31). The first-order chi connectivity index (χ1) is 16.6. The van der Waals surface area contributed by atoms with Crippen LogP contribution in [-0.4, -0.2) is 67.6 Å². The number of fused-ring (bicyclic) bond motifs is 1. The highest BCUT2D eigenvalue weighted by atomic mass is 32.2. The summed E-state index contributed by atoms with van der Waals surface area (Å²) in [6.07, 6.45) is 0.339. The maximum atomic E-state index is 15.0. The van der Waals surface area contributed by atoms with Gasteiger partial charge in [0, 0.05) is 44.7 Å². The monoisotopic (exact) mass is 504 g/mol. The topological polar surface area (TPSA) is 107 Å². The number of piperazine rings is 1. The third-order valence-corrected chi connectivity index (χ3v) is 8.53. The molecule has 0 aromatic heterocycles. The molecule has 3 aliphatic heterocycles. The second-order valence-electron chi connectivity index (χ2n) is 8.71. The molecule has 2 aromatic rings. The van der Waals surface area contributed by atoms with Gasteiger partial charge >= 0.3 is 0 Å². The van der Waals surface area contributed by atoms with E-state index in [9.17, 15) is 27.2 Å². The van der Waals surface area contributed by atoms with Crippen LogP contribution in [0.2, 0.25) is 0 Å². The molecule has 2 fully saturated rings. The van der Waals surface area contributed by atoms with Gasteiger partial charge in [-0.25, -0.2) is 17.2 Å². The number of sulfonamides is 1. The molecule has 2 aromatic carbocycles. The van der Waals surface area contributed by atoms with Crippen molar-refractivity contribution in [2.24, 2.45) is 0 Å². The van der Waals surface area contributed by atoms with E-state index in [1.807, 2.05) is 0 Å². The molecule has 3 aliphatic rings. The van der Waals surface area contributed by atoms with Crippen LogP contribution in [0.25, 0.3) is 0 Å². The van der Waals surface area contributed by atoms with E-state index in [1.165, 1.54) is 21.3 Å². The third-order valence-electron chi connectivity index (χ3n) is 6.62. The van der Waals surface area contributed by atoms with E-state index in [1.54, 1.807) is 11.0 Å². The van der Waals surface area contributed by atoms with E-state index in [0.29, 0.717) is 5.56 Å². The molecule has 1 N–H and O–H groups in total. The first-order valence-electron chi connectivity index (χ1n) is 11.1. The number of rotatable bonds is 4. The fourth-order valence-corrected chi connectivity index (χ4v) is 6.17. The van der Waals surface area contributed by atoms with Crippen molar-refractivity contribution in [2.75, 3.05) is 31.1 Å². The Hall–Kier alpha value is -3.38. The summed E-state index contributed by atoms with van der Waals surface area (Å²) in [4.78, 5) is 39.6. The van der Waals surface area contributed by atoms with E-state index in [0.717, 1.165) is 18.2 Å². The Labute approximate surface area is 200 Å². The van der Waals surface area contributed by atoms with Crippen LogP contribution in [0.3, 0.4) is 0 Å². The average Bonchev–Trinajstić information content (AvgIpc) is 3.14. The number of nitrogens with one attached hydrogen (secondary N) is 1. The van der Waals surface area contributed by atoms with E-state index < -0.39 is 39.5 Å². The summed E-state index contributed by atoms with van der Waals surface area (Å²) in [7, 11) is -3.81. The second-order valence-corrected chi connectivity index (χ2v) is 10.6. The van der Waals surface area contributed by atoms with Crippen LogP contribution < -0.4 is 10.2 Å². The maximum absolute atomic E-state index is 15.0. The SMILES string of the molecule is O=C1CCC(N2Cc3cc(N4CCN(S(=O)(=O)c5ccc(F)cc5)CC4)c(F)cc3C2=O)C(=O)N1. The van der Waals surface area contributed by atoms with Gasteiger partial charge in [0.05, 0.1) is 10.6 Å². The van der Waals surface area contributed by atoms with Gasteiger partial charge in [-0.1, -0.05) is 0 Å². The molecule has 184 valence electrons. The highest BCUT2D eigenvalue weighted by molar-refractivity contribution is 7.89. The van der Waals surface area contributed by atoms with E-state index in [-0.39, 0.29) is 67.6 Å². The molecule has 0 radical (unpaired) electrons. The fourth-order valence-electron chi connectivity index (χ4n) is 4.74. The van der Waals surface area contributed by atoms with Gasteiger partial charge in [0.1, 0.15) is 17.7 Å². The summed E-state index contributed by atoms with van der Waals surface area (Å²) in [6.45, 7) is 0.781. The van der Waals surface area contributed by atoms with Gasteiger partial charge in [-0.3, -0.25) is 19.7 Å². The number of hydrogen-bond acceptors (Lipinski definition) is 6. The largest absolute Gasteiger partial charge is 0.367 e. The summed E-state index contributed by atoms with van der Waals surface area (Å²) in [6, 6.07) is 6.52. The average molecular weight is 505 g/mol. The van der Waals surface area contributed by atoms with Gasteiger partial charge in [-0.15, -0.1) is 0 Å². The first kappa shape index (κ1) is 23.4. The molecule has 3 amide bonds. The normalized spacial score (nSPS) is 21.3. The number of carbonyl (C=O) groups excluding carboxylic acids is 3. The number of halogens is 2. The van der Waals surface area contributed by atoms with Gasteiger partial charge in [0.15, 0.2) is 0 Å². The van der Waals surface area contributed by atoms with E-state index in [2.05, 4.69) is 5.32 Å². The number of piperidine rings is 1. The molecule has 3 heterocycles. The van der Waals surface area contributed by atoms with Crippen LogP contribution in [0, 0.1) is 11.6 Å². The number of hydrogen-bond donors (Lipinski definition) is 1. The highest BCUT2D eigenvalue weighted by Crippen LogP contribution is 2.33. The van der Waals surface area contributed by atoms with Crippen LogP contribution >= 0.6 is 0 Å². The van der Waals surface area contributed by atoms with Gasteiger partial charge in [-0.2, -0.15) is 4.31 Å². The maximum Gasteiger partial charge on any atom is 0.255 e. The molecule has 0 saturated carbocycles. The summed E-state index contributed by atoms with van der Waals surface area (Å²) in [5, 5.41) is 2.23. The third kappa shape index (κ3) is 4.16. The lowest BCUT2D eigenvalue weighted by molar-refractivity contribution is -0.136. The van der Waals surface area contributed by atoms with Crippen LogP contribution in [0.1, 0.15) is 28.8 Å². The quantitative estimate of drug-likeness (QED) is 0.628. The summed E-state index contributed by atoms with van der Waals surface area (Å²) in [5.41, 5.74) is 0.992. The minimum atomic E-state index is -3.81. The molecular weight excluding hydrogens is 482 g/mol. The summed E-state index contributed by atoms with van der Waals surface area (Å²) in [5.74, 6) is -2.53. The van der Waals surface area contributed by atoms with Crippen LogP contribution in [0.5, 0.6) is 0 Å². The van der Waals surface area contributed by atoms with Gasteiger partial charge in [-0.05, 0) is 48.4 Å². The molecule has 5 rings (SSSR count). The second kappa shape index (κ2) is 8.68. The molecule has 0 bridgehead atoms. The van der Waals surface area contributed by atoms with Crippen molar-refractivity contribution in [3.63, 3.8) is 0 Å². The minimum absolute atomic E-state index is 0.0110. The molecular formula is C23H22F2N4O5S. The van der Waals surface area contributed by atoms with Crippen molar-refractivity contribution < 1.29 is 31.6 Å². The Balaban J connectivity index is 1.31. The first-order valence-corrected chi connectivity index (χ1v) is 12.6. The van der Waals surface area contributed by atoms with Crippen molar-refractivity contribution >= 4 is 33.4 Å². The van der Waals surface area contributed by atoms with Crippen molar-refractivity contribution in [3.05, 3.63) is 59.2 Å². The van der Waals surface area contributed by atoms with Crippen molar-refractivity contribution in [1.29, 1.82) is 0 Å². The van der Waals surface area contributed by atoms with Crippen molar-refractivity contribution in [1.82, 2.24) is 14.5 Å². The van der Waals surface area contributed by atoms with Crippen LogP contribution in [0.15, 0.2) is 41.3 Å². The molecule has 9 nitrogen and oxygen atoms in total. The van der Waals surface area contributed by atoms with Crippen molar-refractivity contribution in [2.45, 2.75) is 30.3 Å². The number of anilines is 1. The zero-order valence-corrected chi connectivity index (χ0v) is 19.4. The fraction of sp³-hybridized carbons (Fsp3) is 0.348. The summed E-state index contributed by atoms with van der Waals surface area (Å²) < 4.78 is 55.2. The molecule has 1 unspecified atom stereocenters. The Bertz CT molecular complexity index is 1320. The lowest BCUT2D eigenvalue weighted by Crippen LogP contribution is -2.52. The number of carbonyl (C=O) groups is 3. The Morgan fingerprint density at radius 3 is 2.29 bits per heavy atom. The zero-order valence-electron chi connectivity index (χ0n) is 18.5. The van der Waals surface area contributed by atoms with E-state index in [4.69, 9.17) is 0 Å². The number of amides is 3. The minimum Gasteiger partial charge on any atom is -0.367 e. The van der Waals surface area contributed by atoms with Gasteiger partial charge < -0.3 is 9.80 Å². The molecule has 12 heteroatoms. The summed E-state index contributed by atoms with van der Waals surface area (Å²) >= 11 is 0. The Morgan fingerprint density at radius 2 is 1.63 bits per heavy atom. The smallest absolute Gasteiger partial charge is 0.255 e. The van der Waals surface area contributed by atoms with Gasteiger partial charge in [0.2, 0.25) is 21.8 Å². The highest BCUT2D eigenvalue weighted by Gasteiger charge is 2.40. The lowest BCUT2D eigenvalue weighted by atomic mass is 10.0.